The van der Waals surface area contributed by atoms with Crippen molar-refractivity contribution in [2.45, 2.75) is 57.3 Å². The fourth-order valence-corrected chi connectivity index (χ4v) is 5.40. The van der Waals surface area contributed by atoms with Crippen LogP contribution in [0.15, 0.2) is 49.1 Å². The van der Waals surface area contributed by atoms with Gasteiger partial charge >= 0.3 is 0 Å². The molecular weight excluding hydrogens is 316 g/mol. The number of ether oxygens (including phenoxy) is 1. The fraction of sp³-hybridized carbons (Fsp3) is 0.520. The SMILES string of the molecule is C=CC1CCC(C2CCC(c3ccc4cc(OC)ccc4c3)CC2)CC1. The average molecular weight is 349 g/mol. The van der Waals surface area contributed by atoms with Crippen LogP contribution in [-0.2, 0) is 0 Å². The molecule has 0 aromatic heterocycles. The van der Waals surface area contributed by atoms with E-state index in [9.17, 15) is 0 Å². The molecule has 2 aliphatic carbocycles. The molecule has 0 saturated heterocycles. The van der Waals surface area contributed by atoms with Gasteiger partial charge in [-0.2, -0.15) is 0 Å². The summed E-state index contributed by atoms with van der Waals surface area (Å²) in [5.41, 5.74) is 1.54. The Morgan fingerprint density at radius 1 is 0.808 bits per heavy atom. The van der Waals surface area contributed by atoms with Crippen molar-refractivity contribution in [2.24, 2.45) is 17.8 Å². The second kappa shape index (κ2) is 7.86. The molecule has 0 spiro atoms. The van der Waals surface area contributed by atoms with Crippen LogP contribution in [0.1, 0.15) is 62.8 Å². The van der Waals surface area contributed by atoms with Gasteiger partial charge in [-0.1, -0.05) is 30.3 Å². The van der Waals surface area contributed by atoms with Crippen molar-refractivity contribution in [3.8, 4) is 5.75 Å². The minimum absolute atomic E-state index is 0.752. The van der Waals surface area contributed by atoms with Crippen LogP contribution in [0.3, 0.4) is 0 Å². The zero-order chi connectivity index (χ0) is 17.9. The first kappa shape index (κ1) is 17.6. The number of hydrogen-bond acceptors (Lipinski definition) is 1. The molecular formula is C25H32O. The van der Waals surface area contributed by atoms with Crippen molar-refractivity contribution >= 4 is 10.8 Å². The van der Waals surface area contributed by atoms with Crippen molar-refractivity contribution in [3.05, 3.63) is 54.6 Å². The van der Waals surface area contributed by atoms with Gasteiger partial charge in [-0.25, -0.2) is 0 Å². The maximum absolute atomic E-state index is 5.35. The number of fused-ring (bicyclic) bond motifs is 1. The number of methoxy groups -OCH3 is 1. The summed E-state index contributed by atoms with van der Waals surface area (Å²) in [6.07, 6.45) is 13.4. The van der Waals surface area contributed by atoms with Crippen LogP contribution in [0.25, 0.3) is 10.8 Å². The molecule has 2 aromatic rings. The summed E-state index contributed by atoms with van der Waals surface area (Å²) in [5, 5.41) is 2.62. The zero-order valence-electron chi connectivity index (χ0n) is 16.1. The van der Waals surface area contributed by atoms with E-state index in [4.69, 9.17) is 4.74 Å². The molecule has 0 N–H and O–H groups in total. The summed E-state index contributed by atoms with van der Waals surface area (Å²) in [4.78, 5) is 0. The van der Waals surface area contributed by atoms with Gasteiger partial charge in [0.2, 0.25) is 0 Å². The van der Waals surface area contributed by atoms with Gasteiger partial charge in [-0.15, -0.1) is 6.58 Å². The highest BCUT2D eigenvalue weighted by molar-refractivity contribution is 5.84. The lowest BCUT2D eigenvalue weighted by molar-refractivity contribution is 0.171. The third kappa shape index (κ3) is 3.68. The molecule has 26 heavy (non-hydrogen) atoms. The molecule has 1 nitrogen and oxygen atoms in total. The Morgan fingerprint density at radius 2 is 1.42 bits per heavy atom. The maximum atomic E-state index is 5.35. The minimum atomic E-state index is 0.752. The van der Waals surface area contributed by atoms with E-state index < -0.39 is 0 Å². The van der Waals surface area contributed by atoms with E-state index in [0.717, 1.165) is 29.4 Å². The maximum Gasteiger partial charge on any atom is 0.119 e. The molecule has 0 radical (unpaired) electrons. The summed E-state index contributed by atoms with van der Waals surface area (Å²) in [6.45, 7) is 3.99. The molecule has 4 rings (SSSR count). The number of hydrogen-bond donors (Lipinski definition) is 0. The highest BCUT2D eigenvalue weighted by atomic mass is 16.5. The first-order chi connectivity index (χ1) is 12.8. The van der Waals surface area contributed by atoms with Crippen LogP contribution >= 0.6 is 0 Å². The van der Waals surface area contributed by atoms with Gasteiger partial charge in [0, 0.05) is 0 Å². The third-order valence-corrected chi connectivity index (χ3v) is 7.13. The lowest BCUT2D eigenvalue weighted by Gasteiger charge is -2.37. The Bertz CT molecular complexity index is 746. The monoisotopic (exact) mass is 348 g/mol. The summed E-state index contributed by atoms with van der Waals surface area (Å²) >= 11 is 0. The molecule has 2 fully saturated rings. The topological polar surface area (TPSA) is 9.23 Å². The van der Waals surface area contributed by atoms with Gasteiger partial charge in [0.05, 0.1) is 7.11 Å². The van der Waals surface area contributed by atoms with Crippen molar-refractivity contribution in [2.75, 3.05) is 7.11 Å². The zero-order valence-corrected chi connectivity index (χ0v) is 16.1. The molecule has 0 amide bonds. The fourth-order valence-electron chi connectivity index (χ4n) is 5.40. The lowest BCUT2D eigenvalue weighted by Crippen LogP contribution is -2.25. The van der Waals surface area contributed by atoms with Crippen molar-refractivity contribution in [1.29, 1.82) is 0 Å². The normalized spacial score (nSPS) is 29.4. The van der Waals surface area contributed by atoms with Gasteiger partial charge < -0.3 is 4.74 Å². The molecule has 0 unspecified atom stereocenters. The standard InChI is InChI=1S/C25H32O/c1-3-18-4-6-19(7-5-18)20-8-10-21(11-9-20)22-12-13-24-17-25(26-2)15-14-23(24)16-22/h3,12-21H,1,4-11H2,2H3. The molecule has 0 atom stereocenters. The smallest absolute Gasteiger partial charge is 0.119 e. The van der Waals surface area contributed by atoms with Gasteiger partial charge in [0.1, 0.15) is 5.75 Å². The van der Waals surface area contributed by atoms with Gasteiger partial charge in [0.25, 0.3) is 0 Å². The Hall–Kier alpha value is -1.76. The molecule has 2 aliphatic rings. The van der Waals surface area contributed by atoms with Crippen molar-refractivity contribution in [3.63, 3.8) is 0 Å². The largest absolute Gasteiger partial charge is 0.497 e. The predicted octanol–water partition coefficient (Wildman–Crippen LogP) is 7.11. The summed E-state index contributed by atoms with van der Waals surface area (Å²) in [7, 11) is 1.73. The summed E-state index contributed by atoms with van der Waals surface area (Å²) in [6, 6.07) is 13.4. The van der Waals surface area contributed by atoms with Crippen LogP contribution in [0.4, 0.5) is 0 Å². The van der Waals surface area contributed by atoms with Crippen molar-refractivity contribution < 1.29 is 4.74 Å². The van der Waals surface area contributed by atoms with E-state index in [0.29, 0.717) is 0 Å². The van der Waals surface area contributed by atoms with E-state index in [-0.39, 0.29) is 0 Å². The molecule has 2 aromatic carbocycles. The highest BCUT2D eigenvalue weighted by Gasteiger charge is 2.30. The van der Waals surface area contributed by atoms with Crippen LogP contribution in [-0.4, -0.2) is 7.11 Å². The lowest BCUT2D eigenvalue weighted by atomic mass is 9.68. The first-order valence-corrected chi connectivity index (χ1v) is 10.5. The van der Waals surface area contributed by atoms with Crippen LogP contribution in [0, 0.1) is 17.8 Å². The molecule has 0 bridgehead atoms. The number of rotatable bonds is 4. The first-order valence-electron chi connectivity index (χ1n) is 10.5. The molecule has 2 saturated carbocycles. The number of allylic oxidation sites excluding steroid dienone is 1. The molecule has 138 valence electrons. The summed E-state index contributed by atoms with van der Waals surface area (Å²) < 4.78 is 5.35. The quantitative estimate of drug-likeness (QED) is 0.535. The van der Waals surface area contributed by atoms with E-state index in [1.807, 2.05) is 0 Å². The Kier molecular flexibility index (Phi) is 5.33. The molecule has 0 aliphatic heterocycles. The van der Waals surface area contributed by atoms with Crippen LogP contribution < -0.4 is 4.74 Å². The minimum Gasteiger partial charge on any atom is -0.497 e. The van der Waals surface area contributed by atoms with Crippen molar-refractivity contribution in [1.82, 2.24) is 0 Å². The van der Waals surface area contributed by atoms with E-state index in [1.165, 1.54) is 67.7 Å². The predicted molar refractivity (Wildman–Crippen MR) is 111 cm³/mol. The van der Waals surface area contributed by atoms with Gasteiger partial charge in [-0.3, -0.25) is 0 Å². The van der Waals surface area contributed by atoms with Gasteiger partial charge in [0.15, 0.2) is 0 Å². The average Bonchev–Trinajstić information content (AvgIpc) is 2.73. The van der Waals surface area contributed by atoms with Gasteiger partial charge in [-0.05, 0) is 104 Å². The van der Waals surface area contributed by atoms with E-state index in [1.54, 1.807) is 7.11 Å². The van der Waals surface area contributed by atoms with Crippen LogP contribution in [0.5, 0.6) is 5.75 Å². The Labute approximate surface area is 158 Å². The highest BCUT2D eigenvalue weighted by Crippen LogP contribution is 2.44. The van der Waals surface area contributed by atoms with Crippen LogP contribution in [0.2, 0.25) is 0 Å². The second-order valence-electron chi connectivity index (χ2n) is 8.49. The van der Waals surface area contributed by atoms with E-state index >= 15 is 0 Å². The third-order valence-electron chi connectivity index (χ3n) is 7.13. The summed E-state index contributed by atoms with van der Waals surface area (Å²) in [5.74, 6) is 4.44. The Morgan fingerprint density at radius 3 is 2.08 bits per heavy atom. The number of benzene rings is 2. The Balaban J connectivity index is 1.38. The molecule has 0 heterocycles. The molecule has 1 heteroatoms. The van der Waals surface area contributed by atoms with E-state index in [2.05, 4.69) is 49.1 Å². The second-order valence-corrected chi connectivity index (χ2v) is 8.49.